The van der Waals surface area contributed by atoms with E-state index in [9.17, 15) is 4.79 Å². The monoisotopic (exact) mass is 303 g/mol. The Morgan fingerprint density at radius 1 is 1.45 bits per heavy atom. The van der Waals surface area contributed by atoms with Crippen LogP contribution in [0.1, 0.15) is 18.1 Å². The lowest BCUT2D eigenvalue weighted by atomic mass is 10.0. The molecule has 0 bridgehead atoms. The van der Waals surface area contributed by atoms with Crippen molar-refractivity contribution in [3.8, 4) is 5.75 Å². The van der Waals surface area contributed by atoms with E-state index in [1.54, 1.807) is 12.5 Å². The summed E-state index contributed by atoms with van der Waals surface area (Å²) in [6.07, 6.45) is 5.80. The van der Waals surface area contributed by atoms with Crippen molar-refractivity contribution in [2.24, 2.45) is 5.73 Å². The van der Waals surface area contributed by atoms with E-state index in [4.69, 9.17) is 10.5 Å². The van der Waals surface area contributed by atoms with Gasteiger partial charge in [0.1, 0.15) is 11.8 Å². The Hall–Kier alpha value is -2.34. The van der Waals surface area contributed by atoms with Crippen LogP contribution in [0.4, 0.5) is 0 Å². The predicted octanol–water partition coefficient (Wildman–Crippen LogP) is 1.37. The largest absolute Gasteiger partial charge is 0.494 e. The lowest BCUT2D eigenvalue weighted by Gasteiger charge is -2.14. The molecule has 0 fully saturated rings. The second-order valence-electron chi connectivity index (χ2n) is 4.94. The van der Waals surface area contributed by atoms with Crippen molar-refractivity contribution in [1.82, 2.24) is 9.55 Å². The number of rotatable bonds is 7. The van der Waals surface area contributed by atoms with Crippen LogP contribution in [0.25, 0.3) is 0 Å². The highest BCUT2D eigenvalue weighted by molar-refractivity contribution is 5.75. The van der Waals surface area contributed by atoms with Gasteiger partial charge in [-0.25, -0.2) is 4.98 Å². The van der Waals surface area contributed by atoms with Gasteiger partial charge in [0.15, 0.2) is 0 Å². The molecule has 6 heteroatoms. The van der Waals surface area contributed by atoms with Gasteiger partial charge in [-0.2, -0.15) is 0 Å². The van der Waals surface area contributed by atoms with Crippen LogP contribution >= 0.6 is 0 Å². The molecule has 1 unspecified atom stereocenters. The molecule has 118 valence electrons. The molecule has 0 amide bonds. The fourth-order valence-corrected chi connectivity index (χ4v) is 2.25. The Labute approximate surface area is 129 Å². The third-order valence-corrected chi connectivity index (χ3v) is 3.30. The van der Waals surface area contributed by atoms with Gasteiger partial charge in [-0.05, 0) is 25.0 Å². The molecule has 0 aliphatic heterocycles. The average molecular weight is 303 g/mol. The minimum Gasteiger partial charge on any atom is -0.494 e. The van der Waals surface area contributed by atoms with Crippen LogP contribution in [0.15, 0.2) is 36.9 Å². The van der Waals surface area contributed by atoms with Crippen molar-refractivity contribution >= 4 is 5.97 Å². The van der Waals surface area contributed by atoms with Crippen LogP contribution in [-0.4, -0.2) is 35.3 Å². The van der Waals surface area contributed by atoms with Crippen molar-refractivity contribution in [3.63, 3.8) is 0 Å². The van der Waals surface area contributed by atoms with Crippen LogP contribution in [0.2, 0.25) is 0 Å². The summed E-state index contributed by atoms with van der Waals surface area (Å²) in [6, 6.07) is 5.18. The maximum Gasteiger partial charge on any atom is 0.322 e. The summed E-state index contributed by atoms with van der Waals surface area (Å²) in [6.45, 7) is 3.19. The summed E-state index contributed by atoms with van der Waals surface area (Å²) in [5.41, 5.74) is 7.81. The van der Waals surface area contributed by atoms with Gasteiger partial charge in [0.25, 0.3) is 0 Å². The lowest BCUT2D eigenvalue weighted by molar-refractivity contribution is -0.142. The van der Waals surface area contributed by atoms with Crippen LogP contribution in [-0.2, 0) is 22.5 Å². The highest BCUT2D eigenvalue weighted by atomic mass is 16.5. The average Bonchev–Trinajstić information content (AvgIpc) is 3.02. The standard InChI is InChI=1S/C16H21N3O3/c1-3-22-15-5-4-12(9-14(17)16(20)21-2)8-13(15)10-19-7-6-18-11-19/h4-8,11,14H,3,9-10,17H2,1-2H3. The zero-order chi connectivity index (χ0) is 15.9. The van der Waals surface area contributed by atoms with Crippen LogP contribution in [0.5, 0.6) is 5.75 Å². The van der Waals surface area contributed by atoms with Gasteiger partial charge >= 0.3 is 5.97 Å². The van der Waals surface area contributed by atoms with Crippen molar-refractivity contribution < 1.29 is 14.3 Å². The second kappa shape index (κ2) is 7.61. The number of benzene rings is 1. The van der Waals surface area contributed by atoms with Gasteiger partial charge in [0, 0.05) is 18.0 Å². The number of nitrogens with zero attached hydrogens (tertiary/aromatic N) is 2. The van der Waals surface area contributed by atoms with Crippen LogP contribution in [0, 0.1) is 0 Å². The maximum absolute atomic E-state index is 11.4. The quantitative estimate of drug-likeness (QED) is 0.782. The molecule has 1 heterocycles. The van der Waals surface area contributed by atoms with E-state index in [-0.39, 0.29) is 0 Å². The number of imidazole rings is 1. The topological polar surface area (TPSA) is 79.4 Å². The fraction of sp³-hybridized carbons (Fsp3) is 0.375. The molecule has 2 N–H and O–H groups in total. The van der Waals surface area contributed by atoms with Crippen LogP contribution < -0.4 is 10.5 Å². The number of carbonyl (C=O) groups is 1. The van der Waals surface area contributed by atoms with Gasteiger partial charge in [0.2, 0.25) is 0 Å². The number of aromatic nitrogens is 2. The first-order valence-corrected chi connectivity index (χ1v) is 7.17. The van der Waals surface area contributed by atoms with Gasteiger partial charge in [0.05, 0.1) is 26.6 Å². The van der Waals surface area contributed by atoms with E-state index in [0.29, 0.717) is 19.6 Å². The third kappa shape index (κ3) is 4.08. The summed E-state index contributed by atoms with van der Waals surface area (Å²) in [5.74, 6) is 0.414. The summed E-state index contributed by atoms with van der Waals surface area (Å²) in [5, 5.41) is 0. The molecule has 1 aromatic heterocycles. The Bertz CT molecular complexity index is 611. The molecule has 0 saturated carbocycles. The van der Waals surface area contributed by atoms with E-state index in [0.717, 1.165) is 16.9 Å². The fourth-order valence-electron chi connectivity index (χ4n) is 2.25. The zero-order valence-electron chi connectivity index (χ0n) is 12.9. The molecule has 0 spiro atoms. The molecule has 1 atom stereocenters. The molecule has 6 nitrogen and oxygen atoms in total. The lowest BCUT2D eigenvalue weighted by Crippen LogP contribution is -2.33. The van der Waals surface area contributed by atoms with E-state index in [2.05, 4.69) is 9.72 Å². The Kier molecular flexibility index (Phi) is 5.55. The molecule has 0 radical (unpaired) electrons. The molecule has 22 heavy (non-hydrogen) atoms. The Morgan fingerprint density at radius 2 is 2.27 bits per heavy atom. The normalized spacial score (nSPS) is 12.0. The maximum atomic E-state index is 11.4. The Balaban J connectivity index is 2.20. The number of carbonyl (C=O) groups excluding carboxylic acids is 1. The van der Waals surface area contributed by atoms with Crippen molar-refractivity contribution in [3.05, 3.63) is 48.0 Å². The van der Waals surface area contributed by atoms with Crippen molar-refractivity contribution in [2.75, 3.05) is 13.7 Å². The number of methoxy groups -OCH3 is 1. The van der Waals surface area contributed by atoms with E-state index in [1.807, 2.05) is 35.9 Å². The predicted molar refractivity (Wildman–Crippen MR) is 82.6 cm³/mol. The van der Waals surface area contributed by atoms with Crippen LogP contribution in [0.3, 0.4) is 0 Å². The summed E-state index contributed by atoms with van der Waals surface area (Å²) in [4.78, 5) is 15.5. The highest BCUT2D eigenvalue weighted by Crippen LogP contribution is 2.22. The zero-order valence-corrected chi connectivity index (χ0v) is 12.9. The van der Waals surface area contributed by atoms with E-state index >= 15 is 0 Å². The minimum atomic E-state index is -0.663. The summed E-state index contributed by atoms with van der Waals surface area (Å²) < 4.78 is 12.3. The van der Waals surface area contributed by atoms with Gasteiger partial charge in [-0.3, -0.25) is 4.79 Å². The number of ether oxygens (including phenoxy) is 2. The van der Waals surface area contributed by atoms with Crippen molar-refractivity contribution in [1.29, 1.82) is 0 Å². The molecular formula is C16H21N3O3. The first-order chi connectivity index (χ1) is 10.6. The van der Waals surface area contributed by atoms with Crippen molar-refractivity contribution in [2.45, 2.75) is 25.9 Å². The third-order valence-electron chi connectivity index (χ3n) is 3.30. The smallest absolute Gasteiger partial charge is 0.322 e. The molecule has 0 saturated heterocycles. The summed E-state index contributed by atoms with van der Waals surface area (Å²) in [7, 11) is 1.34. The number of hydrogen-bond acceptors (Lipinski definition) is 5. The molecule has 2 rings (SSSR count). The molecular weight excluding hydrogens is 282 g/mol. The van der Waals surface area contributed by atoms with Gasteiger partial charge in [-0.15, -0.1) is 0 Å². The molecule has 2 aromatic rings. The SMILES string of the molecule is CCOc1ccc(CC(N)C(=O)OC)cc1Cn1ccnc1. The number of hydrogen-bond donors (Lipinski definition) is 1. The van der Waals surface area contributed by atoms with Gasteiger partial charge in [-0.1, -0.05) is 12.1 Å². The molecule has 0 aliphatic rings. The summed E-state index contributed by atoms with van der Waals surface area (Å²) >= 11 is 0. The van der Waals surface area contributed by atoms with E-state index in [1.165, 1.54) is 7.11 Å². The Morgan fingerprint density at radius 3 is 2.91 bits per heavy atom. The first-order valence-electron chi connectivity index (χ1n) is 7.17. The van der Waals surface area contributed by atoms with E-state index < -0.39 is 12.0 Å². The molecule has 1 aromatic carbocycles. The highest BCUT2D eigenvalue weighted by Gasteiger charge is 2.15. The second-order valence-corrected chi connectivity index (χ2v) is 4.94. The first kappa shape index (κ1) is 16.0. The molecule has 0 aliphatic carbocycles. The van der Waals surface area contributed by atoms with Gasteiger partial charge < -0.3 is 19.8 Å². The minimum absolute atomic E-state index is 0.412. The number of nitrogens with two attached hydrogens (primary N) is 1. The number of esters is 1.